The molecule has 5 aromatic rings. The molecule has 0 aliphatic carbocycles. The molecule has 0 bridgehead atoms. The van der Waals surface area contributed by atoms with Gasteiger partial charge in [-0.3, -0.25) is 14.5 Å². The van der Waals surface area contributed by atoms with Crippen LogP contribution in [0.1, 0.15) is 9.81 Å². The summed E-state index contributed by atoms with van der Waals surface area (Å²) in [6.07, 6.45) is 5.16. The molecule has 0 atom stereocenters. The Balaban J connectivity index is 1.89. The smallest absolute Gasteiger partial charge is 0.264 e. The first kappa shape index (κ1) is 11.2. The van der Waals surface area contributed by atoms with Crippen LogP contribution in [-0.2, 0) is 13.5 Å². The van der Waals surface area contributed by atoms with Crippen LogP contribution in [0, 0.1) is 0 Å². The van der Waals surface area contributed by atoms with Crippen LogP contribution in [0.5, 0.6) is 0 Å². The van der Waals surface area contributed by atoms with Crippen molar-refractivity contribution in [3.05, 3.63) is 72.8 Å². The van der Waals surface area contributed by atoms with Gasteiger partial charge in [0.1, 0.15) is 17.7 Å². The maximum Gasteiger partial charge on any atom is 0.270 e. The summed E-state index contributed by atoms with van der Waals surface area (Å²) in [5.74, 6) is 0.938. The zero-order chi connectivity index (χ0) is 19.8. The normalized spacial score (nSPS) is 14.8. The van der Waals surface area contributed by atoms with Crippen LogP contribution in [0.2, 0.25) is 0 Å². The highest BCUT2D eigenvalue weighted by atomic mass is 15.3. The van der Waals surface area contributed by atoms with Crippen LogP contribution in [0.4, 0.5) is 0 Å². The minimum Gasteiger partial charge on any atom is -0.264 e. The summed E-state index contributed by atoms with van der Waals surface area (Å²) in [4.78, 5) is 8.83. The topological polar surface area (TPSA) is 39.5 Å². The third kappa shape index (κ3) is 1.57. The SMILES string of the molecule is [2H]C([2H])([2H])n1c2ccncc2c2c1[n+]1c(n2-c2ccccc2)-c2cccnc2C1. The lowest BCUT2D eigenvalue weighted by molar-refractivity contribution is -0.648. The zero-order valence-electron chi connectivity index (χ0n) is 16.8. The maximum absolute atomic E-state index is 8.23. The molecule has 26 heavy (non-hydrogen) atoms. The number of rotatable bonds is 1. The van der Waals surface area contributed by atoms with Gasteiger partial charge in [-0.2, -0.15) is 0 Å². The van der Waals surface area contributed by atoms with Crippen LogP contribution in [0.3, 0.4) is 0 Å². The van der Waals surface area contributed by atoms with Crippen molar-refractivity contribution in [3.8, 4) is 17.1 Å². The molecule has 0 fully saturated rings. The molecule has 0 saturated carbocycles. The molecule has 1 aliphatic heterocycles. The monoisotopic (exact) mass is 341 g/mol. The van der Waals surface area contributed by atoms with E-state index in [4.69, 9.17) is 4.11 Å². The van der Waals surface area contributed by atoms with Crippen LogP contribution in [0.15, 0.2) is 67.1 Å². The highest BCUT2D eigenvalue weighted by molar-refractivity contribution is 6.05. The summed E-state index contributed by atoms with van der Waals surface area (Å²) in [6.45, 7) is -1.80. The second kappa shape index (κ2) is 4.79. The Labute approximate surface area is 154 Å². The first-order valence-electron chi connectivity index (χ1n) is 9.98. The molecule has 0 N–H and O–H groups in total. The molecule has 4 aromatic heterocycles. The van der Waals surface area contributed by atoms with Gasteiger partial charge in [0.25, 0.3) is 5.65 Å². The number of aryl methyl sites for hydroxylation is 1. The average Bonchev–Trinajstić information content (AvgIpc) is 3.34. The molecular formula is C21H16N5+. The number of aromatic nitrogens is 5. The summed E-state index contributed by atoms with van der Waals surface area (Å²) in [5.41, 5.74) is 5.08. The standard InChI is InChI=1S/C21H16N5/c1-24-18-9-11-22-12-16(18)19-21(24)25-13-17-15(8-5-10-23-17)20(25)26(19)14-6-3-2-4-7-14/h2-12H,13H2,1H3/q+1/i1D3. The van der Waals surface area contributed by atoms with E-state index in [-0.39, 0.29) is 0 Å². The molecule has 0 spiro atoms. The summed E-state index contributed by atoms with van der Waals surface area (Å²) < 4.78 is 30.3. The van der Waals surface area contributed by atoms with E-state index in [2.05, 4.69) is 19.1 Å². The van der Waals surface area contributed by atoms with E-state index in [0.717, 1.165) is 33.7 Å². The summed E-state index contributed by atoms with van der Waals surface area (Å²) in [5, 5.41) is 0.815. The number of nitrogens with zero attached hydrogens (tertiary/aromatic N) is 5. The number of hydrogen-bond acceptors (Lipinski definition) is 2. The van der Waals surface area contributed by atoms with Crippen molar-refractivity contribution in [1.82, 2.24) is 19.1 Å². The molecule has 124 valence electrons. The van der Waals surface area contributed by atoms with Gasteiger partial charge in [-0.05, 0) is 30.3 Å². The van der Waals surface area contributed by atoms with Crippen LogP contribution < -0.4 is 4.57 Å². The summed E-state index contributed by atoms with van der Waals surface area (Å²) in [6, 6.07) is 15.7. The van der Waals surface area contributed by atoms with E-state index in [9.17, 15) is 0 Å². The van der Waals surface area contributed by atoms with E-state index in [1.165, 1.54) is 4.57 Å². The Morgan fingerprint density at radius 3 is 2.88 bits per heavy atom. The molecule has 1 aromatic carbocycles. The molecule has 5 heteroatoms. The van der Waals surface area contributed by atoms with Gasteiger partial charge in [0.05, 0.1) is 27.7 Å². The maximum atomic E-state index is 8.23. The number of benzene rings is 1. The van der Waals surface area contributed by atoms with Gasteiger partial charge in [0.2, 0.25) is 5.82 Å². The number of imidazole rings is 1. The van der Waals surface area contributed by atoms with Gasteiger partial charge >= 0.3 is 0 Å². The highest BCUT2D eigenvalue weighted by Gasteiger charge is 2.37. The molecule has 0 radical (unpaired) electrons. The van der Waals surface area contributed by atoms with Gasteiger partial charge in [0.15, 0.2) is 5.52 Å². The van der Waals surface area contributed by atoms with Gasteiger partial charge in [-0.1, -0.05) is 18.2 Å². The van der Waals surface area contributed by atoms with Crippen LogP contribution in [-0.4, -0.2) is 19.1 Å². The third-order valence-corrected chi connectivity index (χ3v) is 5.12. The van der Waals surface area contributed by atoms with E-state index < -0.39 is 6.98 Å². The Morgan fingerprint density at radius 2 is 2.00 bits per heavy atom. The molecule has 0 unspecified atom stereocenters. The molecule has 6 rings (SSSR count). The molecule has 5 heterocycles. The van der Waals surface area contributed by atoms with Gasteiger partial charge in [-0.25, -0.2) is 9.13 Å². The van der Waals surface area contributed by atoms with E-state index >= 15 is 0 Å². The summed E-state index contributed by atoms with van der Waals surface area (Å²) in [7, 11) is 0. The second-order valence-electron chi connectivity index (χ2n) is 6.48. The molecule has 0 saturated heterocycles. The van der Waals surface area contributed by atoms with Crippen molar-refractivity contribution in [1.29, 1.82) is 0 Å². The van der Waals surface area contributed by atoms with Crippen LogP contribution in [0.25, 0.3) is 39.1 Å². The van der Waals surface area contributed by atoms with Gasteiger partial charge in [-0.15, -0.1) is 0 Å². The Kier molecular flexibility index (Phi) is 2.06. The second-order valence-corrected chi connectivity index (χ2v) is 6.48. The molecule has 0 amide bonds. The fourth-order valence-electron chi connectivity index (χ4n) is 4.06. The van der Waals surface area contributed by atoms with Gasteiger partial charge in [0, 0.05) is 18.6 Å². The number of para-hydroxylation sites is 1. The lowest BCUT2D eigenvalue weighted by Crippen LogP contribution is -2.33. The average molecular weight is 341 g/mol. The Hall–Kier alpha value is -3.47. The van der Waals surface area contributed by atoms with Crippen molar-refractivity contribution in [2.45, 2.75) is 6.54 Å². The van der Waals surface area contributed by atoms with E-state index in [0.29, 0.717) is 17.7 Å². The van der Waals surface area contributed by atoms with Crippen molar-refractivity contribution >= 4 is 22.1 Å². The lowest BCUT2D eigenvalue weighted by Gasteiger charge is -2.03. The highest BCUT2D eigenvalue weighted by Crippen LogP contribution is 2.36. The Bertz CT molecular complexity index is 1410. The fourth-order valence-corrected chi connectivity index (χ4v) is 4.06. The zero-order valence-corrected chi connectivity index (χ0v) is 13.8. The van der Waals surface area contributed by atoms with Crippen LogP contribution >= 0.6 is 0 Å². The predicted octanol–water partition coefficient (Wildman–Crippen LogP) is 3.23. The number of fused-ring (bicyclic) bond motifs is 7. The minimum absolute atomic E-state index is 0.529. The van der Waals surface area contributed by atoms with Crippen molar-refractivity contribution < 1.29 is 8.68 Å². The quantitative estimate of drug-likeness (QED) is 0.431. The third-order valence-electron chi connectivity index (χ3n) is 5.12. The Morgan fingerprint density at radius 1 is 1.08 bits per heavy atom. The van der Waals surface area contributed by atoms with E-state index in [1.54, 1.807) is 24.7 Å². The fraction of sp³-hybridized carbons (Fsp3) is 0.0952. The van der Waals surface area contributed by atoms with Crippen molar-refractivity contribution in [3.63, 3.8) is 0 Å². The first-order valence-corrected chi connectivity index (χ1v) is 8.48. The number of hydrogen-bond donors (Lipinski definition) is 0. The molecular weight excluding hydrogens is 322 g/mol. The van der Waals surface area contributed by atoms with Gasteiger partial charge < -0.3 is 0 Å². The van der Waals surface area contributed by atoms with E-state index in [1.807, 2.05) is 42.5 Å². The van der Waals surface area contributed by atoms with Crippen molar-refractivity contribution in [2.24, 2.45) is 6.98 Å². The first-order chi connectivity index (χ1) is 14.1. The lowest BCUT2D eigenvalue weighted by atomic mass is 10.2. The minimum atomic E-state index is -2.33. The predicted molar refractivity (Wildman–Crippen MR) is 100 cm³/mol. The van der Waals surface area contributed by atoms with Crippen molar-refractivity contribution in [2.75, 3.05) is 0 Å². The molecule has 5 nitrogen and oxygen atoms in total. The molecule has 1 aliphatic rings. The summed E-state index contributed by atoms with van der Waals surface area (Å²) >= 11 is 0. The number of pyridine rings is 2. The largest absolute Gasteiger partial charge is 0.270 e.